The van der Waals surface area contributed by atoms with E-state index in [4.69, 9.17) is 11.6 Å². The number of nitrogens with zero attached hydrogens (tertiary/aromatic N) is 1. The predicted molar refractivity (Wildman–Crippen MR) is 83.7 cm³/mol. The van der Waals surface area contributed by atoms with Gasteiger partial charge in [-0.3, -0.25) is 0 Å². The Balaban J connectivity index is 1.61. The third-order valence-corrected chi connectivity index (χ3v) is 5.61. The average Bonchev–Trinajstić information content (AvgIpc) is 2.85. The first-order valence-corrected chi connectivity index (χ1v) is 8.42. The molecule has 0 unspecified atom stereocenters. The van der Waals surface area contributed by atoms with Crippen molar-refractivity contribution in [3.8, 4) is 0 Å². The molecular formula is C15H20BrClN2. The Hall–Kier alpha value is -0.280. The first kappa shape index (κ1) is 13.7. The molecule has 1 aromatic heterocycles. The zero-order valence-corrected chi connectivity index (χ0v) is 13.4. The van der Waals surface area contributed by atoms with Gasteiger partial charge in [0.1, 0.15) is 0 Å². The maximum atomic E-state index is 6.14. The summed E-state index contributed by atoms with van der Waals surface area (Å²) < 4.78 is 0.975. The van der Waals surface area contributed by atoms with Crippen LogP contribution in [0, 0.1) is 5.41 Å². The minimum atomic E-state index is 0.555. The summed E-state index contributed by atoms with van der Waals surface area (Å²) in [5.74, 6) is 0. The number of anilines is 1. The minimum absolute atomic E-state index is 0.555. The van der Waals surface area contributed by atoms with Crippen LogP contribution in [0.4, 0.5) is 5.69 Å². The van der Waals surface area contributed by atoms with E-state index in [1.807, 2.05) is 6.07 Å². The lowest BCUT2D eigenvalue weighted by molar-refractivity contribution is 0.188. The highest BCUT2D eigenvalue weighted by Gasteiger charge is 2.37. The van der Waals surface area contributed by atoms with Crippen LogP contribution in [0.3, 0.4) is 0 Å². The third kappa shape index (κ3) is 3.08. The first-order valence-electron chi connectivity index (χ1n) is 7.25. The molecule has 1 aromatic rings. The molecule has 2 fully saturated rings. The molecule has 0 atom stereocenters. The Bertz CT molecular complexity index is 447. The van der Waals surface area contributed by atoms with E-state index in [1.165, 1.54) is 51.4 Å². The van der Waals surface area contributed by atoms with Gasteiger partial charge in [0.25, 0.3) is 0 Å². The topological polar surface area (TPSA) is 24.9 Å². The molecule has 2 aliphatic rings. The summed E-state index contributed by atoms with van der Waals surface area (Å²) in [5.41, 5.74) is 1.65. The molecule has 3 rings (SSSR count). The quantitative estimate of drug-likeness (QED) is 0.726. The molecule has 0 aliphatic heterocycles. The van der Waals surface area contributed by atoms with E-state index in [0.717, 1.165) is 10.2 Å². The van der Waals surface area contributed by atoms with Crippen LogP contribution in [0.25, 0.3) is 0 Å². The fourth-order valence-electron chi connectivity index (χ4n) is 3.74. The van der Waals surface area contributed by atoms with Gasteiger partial charge in [0.05, 0.1) is 5.69 Å². The average molecular weight is 344 g/mol. The molecule has 2 aliphatic carbocycles. The molecule has 0 radical (unpaired) electrons. The van der Waals surface area contributed by atoms with Gasteiger partial charge in [0.2, 0.25) is 0 Å². The highest BCUT2D eigenvalue weighted by molar-refractivity contribution is 9.10. The zero-order valence-electron chi connectivity index (χ0n) is 11.1. The second kappa shape index (κ2) is 5.61. The first-order chi connectivity index (χ1) is 9.17. The van der Waals surface area contributed by atoms with Crippen molar-refractivity contribution in [2.75, 3.05) is 5.32 Å². The maximum absolute atomic E-state index is 6.14. The molecule has 1 heterocycles. The summed E-state index contributed by atoms with van der Waals surface area (Å²) in [7, 11) is 0. The monoisotopic (exact) mass is 342 g/mol. The molecule has 0 amide bonds. The summed E-state index contributed by atoms with van der Waals surface area (Å²) in [6.07, 6.45) is 12.8. The molecule has 0 aromatic carbocycles. The van der Waals surface area contributed by atoms with E-state index < -0.39 is 0 Å². The highest BCUT2D eigenvalue weighted by atomic mass is 79.9. The Labute approximate surface area is 128 Å². The van der Waals surface area contributed by atoms with Crippen LogP contribution in [-0.2, 0) is 0 Å². The van der Waals surface area contributed by atoms with Crippen LogP contribution in [0.1, 0.15) is 51.4 Å². The fraction of sp³-hybridized carbons (Fsp3) is 0.667. The summed E-state index contributed by atoms with van der Waals surface area (Å²) >= 11 is 9.59. The number of pyridine rings is 1. The lowest BCUT2D eigenvalue weighted by Gasteiger charge is -2.37. The summed E-state index contributed by atoms with van der Waals surface area (Å²) in [6, 6.07) is 2.58. The van der Waals surface area contributed by atoms with E-state index >= 15 is 0 Å². The van der Waals surface area contributed by atoms with Crippen LogP contribution < -0.4 is 5.32 Å². The van der Waals surface area contributed by atoms with Crippen molar-refractivity contribution in [1.29, 1.82) is 0 Å². The number of hydrogen-bond acceptors (Lipinski definition) is 2. The summed E-state index contributed by atoms with van der Waals surface area (Å²) in [6.45, 7) is 0. The Morgan fingerprint density at radius 2 is 1.89 bits per heavy atom. The van der Waals surface area contributed by atoms with Crippen molar-refractivity contribution in [2.45, 2.75) is 57.4 Å². The van der Waals surface area contributed by atoms with Gasteiger partial charge in [0, 0.05) is 16.7 Å². The molecule has 0 saturated heterocycles. The van der Waals surface area contributed by atoms with E-state index in [9.17, 15) is 0 Å². The van der Waals surface area contributed by atoms with E-state index in [0.29, 0.717) is 16.6 Å². The number of nitrogens with one attached hydrogen (secondary N) is 1. The number of hydrogen-bond donors (Lipinski definition) is 1. The zero-order chi connectivity index (χ0) is 13.3. The van der Waals surface area contributed by atoms with Gasteiger partial charge in [-0.15, -0.1) is 0 Å². The Kier molecular flexibility index (Phi) is 4.04. The predicted octanol–water partition coefficient (Wildman–Crippen LogP) is 5.41. The van der Waals surface area contributed by atoms with Crippen LogP contribution in [0.15, 0.2) is 16.7 Å². The van der Waals surface area contributed by atoms with E-state index in [1.54, 1.807) is 6.20 Å². The van der Waals surface area contributed by atoms with E-state index in [-0.39, 0.29) is 0 Å². The normalized spacial score (nSPS) is 22.8. The molecule has 1 N–H and O–H groups in total. The SMILES string of the molecule is Clc1ncc(Br)cc1NC1CCC2(CCCC2)CC1. The van der Waals surface area contributed by atoms with Crippen molar-refractivity contribution in [3.05, 3.63) is 21.9 Å². The second-order valence-corrected chi connectivity index (χ2v) is 7.39. The molecular weight excluding hydrogens is 324 g/mol. The summed E-state index contributed by atoms with van der Waals surface area (Å²) in [5, 5.41) is 4.15. The van der Waals surface area contributed by atoms with Crippen molar-refractivity contribution in [2.24, 2.45) is 5.41 Å². The standard InChI is InChI=1S/C15H20BrClN2/c16-11-9-13(14(17)18-10-11)19-12-3-7-15(8-4-12)5-1-2-6-15/h9-10,12,19H,1-8H2. The van der Waals surface area contributed by atoms with Gasteiger partial charge in [0.15, 0.2) is 5.15 Å². The number of aromatic nitrogens is 1. The van der Waals surface area contributed by atoms with Crippen LogP contribution in [0.5, 0.6) is 0 Å². The van der Waals surface area contributed by atoms with Gasteiger partial charge in [-0.25, -0.2) is 4.98 Å². The Morgan fingerprint density at radius 3 is 2.58 bits per heavy atom. The maximum Gasteiger partial charge on any atom is 0.152 e. The van der Waals surface area contributed by atoms with Gasteiger partial charge in [-0.2, -0.15) is 0 Å². The highest BCUT2D eigenvalue weighted by Crippen LogP contribution is 2.49. The lowest BCUT2D eigenvalue weighted by Crippen LogP contribution is -2.31. The van der Waals surface area contributed by atoms with E-state index in [2.05, 4.69) is 26.2 Å². The lowest BCUT2D eigenvalue weighted by atomic mass is 9.71. The minimum Gasteiger partial charge on any atom is -0.380 e. The molecule has 19 heavy (non-hydrogen) atoms. The molecule has 104 valence electrons. The van der Waals surface area contributed by atoms with Crippen molar-refractivity contribution >= 4 is 33.2 Å². The number of halogens is 2. The molecule has 1 spiro atoms. The summed E-state index contributed by atoms with van der Waals surface area (Å²) in [4.78, 5) is 4.17. The van der Waals surface area contributed by atoms with Crippen molar-refractivity contribution in [1.82, 2.24) is 4.98 Å². The second-order valence-electron chi connectivity index (χ2n) is 6.12. The smallest absolute Gasteiger partial charge is 0.152 e. The van der Waals surface area contributed by atoms with Gasteiger partial charge in [-0.1, -0.05) is 24.4 Å². The van der Waals surface area contributed by atoms with Gasteiger partial charge < -0.3 is 5.32 Å². The van der Waals surface area contributed by atoms with Crippen molar-refractivity contribution in [3.63, 3.8) is 0 Å². The van der Waals surface area contributed by atoms with Gasteiger partial charge >= 0.3 is 0 Å². The van der Waals surface area contributed by atoms with Crippen LogP contribution >= 0.6 is 27.5 Å². The fourth-order valence-corrected chi connectivity index (χ4v) is 4.23. The van der Waals surface area contributed by atoms with Crippen molar-refractivity contribution < 1.29 is 0 Å². The molecule has 0 bridgehead atoms. The Morgan fingerprint density at radius 1 is 1.21 bits per heavy atom. The number of rotatable bonds is 2. The van der Waals surface area contributed by atoms with Gasteiger partial charge in [-0.05, 0) is 65.9 Å². The third-order valence-electron chi connectivity index (χ3n) is 4.88. The largest absolute Gasteiger partial charge is 0.380 e. The molecule has 2 nitrogen and oxygen atoms in total. The van der Waals surface area contributed by atoms with Crippen LogP contribution in [-0.4, -0.2) is 11.0 Å². The molecule has 2 saturated carbocycles. The molecule has 4 heteroatoms. The van der Waals surface area contributed by atoms with Crippen LogP contribution in [0.2, 0.25) is 5.15 Å².